The smallest absolute Gasteiger partial charge is 0.264 e. The zero-order chi connectivity index (χ0) is 33.3. The van der Waals surface area contributed by atoms with Crippen molar-refractivity contribution in [3.63, 3.8) is 0 Å². The molecule has 242 valence electrons. The van der Waals surface area contributed by atoms with E-state index in [1.54, 1.807) is 18.2 Å². The van der Waals surface area contributed by atoms with Gasteiger partial charge in [0.25, 0.3) is 10.0 Å². The van der Waals surface area contributed by atoms with Gasteiger partial charge in [0.2, 0.25) is 11.8 Å². The van der Waals surface area contributed by atoms with Crippen molar-refractivity contribution >= 4 is 50.7 Å². The van der Waals surface area contributed by atoms with Crippen LogP contribution in [-0.2, 0) is 32.6 Å². The van der Waals surface area contributed by atoms with Crippen LogP contribution in [0.5, 0.6) is 0 Å². The molecular weight excluding hydrogens is 641 g/mol. The Labute approximate surface area is 282 Å². The van der Waals surface area contributed by atoms with Crippen molar-refractivity contribution in [2.75, 3.05) is 17.4 Å². The fourth-order valence-electron chi connectivity index (χ4n) is 5.06. The number of nitrogens with zero attached hydrogens (tertiary/aromatic N) is 2. The maximum atomic E-state index is 14.6. The SMILES string of the molecule is CCCCNC(=O)[C@H](Cc1ccccc1)N(Cc1ccccc1C)C(=O)CN(c1cc(Cl)ccc1Cl)S(=O)(=O)c1ccc(C)cc1. The first kappa shape index (κ1) is 35.0. The number of unbranched alkanes of at least 4 members (excludes halogenated alkanes) is 1. The summed E-state index contributed by atoms with van der Waals surface area (Å²) in [5, 5.41) is 3.36. The quantitative estimate of drug-likeness (QED) is 0.141. The van der Waals surface area contributed by atoms with Gasteiger partial charge in [-0.25, -0.2) is 8.42 Å². The van der Waals surface area contributed by atoms with Gasteiger partial charge in [-0.1, -0.05) is 109 Å². The maximum absolute atomic E-state index is 14.6. The van der Waals surface area contributed by atoms with Crippen molar-refractivity contribution in [3.8, 4) is 0 Å². The highest BCUT2D eigenvalue weighted by atomic mass is 35.5. The van der Waals surface area contributed by atoms with Crippen LogP contribution in [0.15, 0.2) is 102 Å². The Bertz CT molecular complexity index is 1750. The summed E-state index contributed by atoms with van der Waals surface area (Å²) in [6.07, 6.45) is 1.91. The molecule has 0 spiro atoms. The minimum Gasteiger partial charge on any atom is -0.354 e. The molecular formula is C36H39Cl2N3O4S. The lowest BCUT2D eigenvalue weighted by molar-refractivity contribution is -0.140. The fraction of sp³-hybridized carbons (Fsp3) is 0.278. The molecule has 1 N–H and O–H groups in total. The van der Waals surface area contributed by atoms with E-state index in [4.69, 9.17) is 23.2 Å². The van der Waals surface area contributed by atoms with Gasteiger partial charge in [-0.15, -0.1) is 0 Å². The van der Waals surface area contributed by atoms with Gasteiger partial charge >= 0.3 is 0 Å². The minimum atomic E-state index is -4.30. The molecule has 4 aromatic carbocycles. The van der Waals surface area contributed by atoms with E-state index in [9.17, 15) is 18.0 Å². The van der Waals surface area contributed by atoms with Crippen LogP contribution in [0.3, 0.4) is 0 Å². The number of halogens is 2. The van der Waals surface area contributed by atoms with Gasteiger partial charge in [0.1, 0.15) is 12.6 Å². The topological polar surface area (TPSA) is 86.8 Å². The number of carbonyl (C=O) groups excluding carboxylic acids is 2. The second-order valence-electron chi connectivity index (χ2n) is 11.2. The molecule has 0 bridgehead atoms. The molecule has 4 aromatic rings. The highest BCUT2D eigenvalue weighted by molar-refractivity contribution is 7.92. The summed E-state index contributed by atoms with van der Waals surface area (Å²) in [4.78, 5) is 29.9. The molecule has 7 nitrogen and oxygen atoms in total. The third-order valence-electron chi connectivity index (χ3n) is 7.77. The molecule has 46 heavy (non-hydrogen) atoms. The summed E-state index contributed by atoms with van der Waals surface area (Å²) in [6, 6.07) is 27.0. The van der Waals surface area contributed by atoms with Crippen molar-refractivity contribution in [1.29, 1.82) is 0 Å². The minimum absolute atomic E-state index is 0.00876. The van der Waals surface area contributed by atoms with E-state index in [0.717, 1.165) is 39.4 Å². The van der Waals surface area contributed by atoms with Crippen LogP contribution in [0.4, 0.5) is 5.69 Å². The highest BCUT2D eigenvalue weighted by Crippen LogP contribution is 2.33. The lowest BCUT2D eigenvalue weighted by Gasteiger charge is -2.34. The van der Waals surface area contributed by atoms with E-state index in [1.807, 2.05) is 75.4 Å². The van der Waals surface area contributed by atoms with Gasteiger partial charge in [0.15, 0.2) is 0 Å². The van der Waals surface area contributed by atoms with Gasteiger partial charge in [-0.2, -0.15) is 0 Å². The van der Waals surface area contributed by atoms with Gasteiger partial charge < -0.3 is 10.2 Å². The highest BCUT2D eigenvalue weighted by Gasteiger charge is 2.35. The van der Waals surface area contributed by atoms with Gasteiger partial charge in [0, 0.05) is 24.5 Å². The molecule has 0 aliphatic rings. The van der Waals surface area contributed by atoms with Crippen LogP contribution in [0.1, 0.15) is 42.0 Å². The molecule has 0 saturated carbocycles. The van der Waals surface area contributed by atoms with Crippen LogP contribution in [0.2, 0.25) is 10.0 Å². The largest absolute Gasteiger partial charge is 0.354 e. The van der Waals surface area contributed by atoms with Crippen molar-refractivity contribution < 1.29 is 18.0 Å². The molecule has 0 aromatic heterocycles. The van der Waals surface area contributed by atoms with Crippen molar-refractivity contribution in [1.82, 2.24) is 10.2 Å². The summed E-state index contributed by atoms with van der Waals surface area (Å²) in [6.45, 7) is 5.76. The fourth-order valence-corrected chi connectivity index (χ4v) is 6.92. The number of anilines is 1. The number of sulfonamides is 1. The monoisotopic (exact) mass is 679 g/mol. The second-order valence-corrected chi connectivity index (χ2v) is 13.9. The molecule has 0 fully saturated rings. The van der Waals surface area contributed by atoms with Crippen molar-refractivity contribution in [2.45, 2.75) is 57.5 Å². The van der Waals surface area contributed by atoms with E-state index >= 15 is 0 Å². The van der Waals surface area contributed by atoms with Crippen molar-refractivity contribution in [2.24, 2.45) is 0 Å². The molecule has 0 radical (unpaired) electrons. The van der Waals surface area contributed by atoms with E-state index in [0.29, 0.717) is 6.54 Å². The number of hydrogen-bond acceptors (Lipinski definition) is 4. The normalized spacial score (nSPS) is 11.9. The molecule has 4 rings (SSSR count). The Morgan fingerprint density at radius 1 is 0.870 bits per heavy atom. The first-order valence-corrected chi connectivity index (χ1v) is 17.4. The Morgan fingerprint density at radius 3 is 2.22 bits per heavy atom. The Hall–Kier alpha value is -3.85. The van der Waals surface area contributed by atoms with Gasteiger partial charge in [0.05, 0.1) is 15.6 Å². The molecule has 10 heteroatoms. The van der Waals surface area contributed by atoms with Gasteiger partial charge in [-0.05, 0) is 67.3 Å². The lowest BCUT2D eigenvalue weighted by atomic mass is 10.0. The van der Waals surface area contributed by atoms with Gasteiger partial charge in [-0.3, -0.25) is 13.9 Å². The van der Waals surface area contributed by atoms with E-state index in [2.05, 4.69) is 5.32 Å². The average Bonchev–Trinajstić information content (AvgIpc) is 3.04. The van der Waals surface area contributed by atoms with Crippen LogP contribution in [0, 0.1) is 13.8 Å². The number of rotatable bonds is 14. The number of hydrogen-bond donors (Lipinski definition) is 1. The summed E-state index contributed by atoms with van der Waals surface area (Å²) in [7, 11) is -4.30. The van der Waals surface area contributed by atoms with Crippen LogP contribution in [0.25, 0.3) is 0 Å². The molecule has 1 atom stereocenters. The average molecular weight is 681 g/mol. The maximum Gasteiger partial charge on any atom is 0.264 e. The Kier molecular flexibility index (Phi) is 12.3. The van der Waals surface area contributed by atoms with E-state index in [1.165, 1.54) is 29.2 Å². The van der Waals surface area contributed by atoms with E-state index in [-0.39, 0.29) is 39.5 Å². The number of nitrogens with one attached hydrogen (secondary N) is 1. The van der Waals surface area contributed by atoms with E-state index < -0.39 is 28.5 Å². The zero-order valence-corrected chi connectivity index (χ0v) is 28.6. The molecule has 0 aliphatic heterocycles. The molecule has 2 amide bonds. The third-order valence-corrected chi connectivity index (χ3v) is 10.1. The number of benzene rings is 4. The number of carbonyl (C=O) groups is 2. The Balaban J connectivity index is 1.83. The predicted molar refractivity (Wildman–Crippen MR) is 186 cm³/mol. The number of aryl methyl sites for hydroxylation is 2. The predicted octanol–water partition coefficient (Wildman–Crippen LogP) is 7.36. The Morgan fingerprint density at radius 2 is 1.54 bits per heavy atom. The van der Waals surface area contributed by atoms with Crippen LogP contribution < -0.4 is 9.62 Å². The third kappa shape index (κ3) is 8.90. The molecule has 0 saturated heterocycles. The first-order valence-electron chi connectivity index (χ1n) is 15.2. The number of amides is 2. The zero-order valence-electron chi connectivity index (χ0n) is 26.2. The summed E-state index contributed by atoms with van der Waals surface area (Å²) >= 11 is 12.9. The molecule has 0 aliphatic carbocycles. The van der Waals surface area contributed by atoms with Crippen LogP contribution in [-0.4, -0.2) is 44.3 Å². The standard InChI is InChI=1S/C36H39Cl2N3O4S/c1-4-5-21-39-36(43)34(22-28-12-7-6-8-13-28)40(24-29-14-10-9-11-27(29)3)35(42)25-41(33-23-30(37)17-20-32(33)38)46(44,45)31-18-15-26(2)16-19-31/h6-20,23,34H,4-5,21-22,24-25H2,1-3H3,(H,39,43)/t34-/m0/s1. The molecule has 0 unspecified atom stereocenters. The summed E-state index contributed by atoms with van der Waals surface area (Å²) in [5.41, 5.74) is 3.58. The summed E-state index contributed by atoms with van der Waals surface area (Å²) in [5.74, 6) is -0.880. The summed E-state index contributed by atoms with van der Waals surface area (Å²) < 4.78 is 29.4. The lowest BCUT2D eigenvalue weighted by Crippen LogP contribution is -2.53. The second kappa shape index (κ2) is 16.1. The first-order chi connectivity index (χ1) is 22.0. The van der Waals surface area contributed by atoms with Crippen molar-refractivity contribution in [3.05, 3.63) is 129 Å². The molecule has 0 heterocycles. The van der Waals surface area contributed by atoms with Crippen LogP contribution >= 0.6 is 23.2 Å².